The number of hydrogen-bond acceptors (Lipinski definition) is 6. The number of amides is 2. The molecule has 1 aliphatic heterocycles. The van der Waals surface area contributed by atoms with Gasteiger partial charge < -0.3 is 26.3 Å². The Morgan fingerprint density at radius 2 is 2.03 bits per heavy atom. The maximum absolute atomic E-state index is 13.5. The average Bonchev–Trinajstić information content (AvgIpc) is 3.45. The number of nitrogen functional groups attached to an aromatic ring is 1. The molecule has 2 amide bonds. The van der Waals surface area contributed by atoms with Crippen LogP contribution in [0.5, 0.6) is 5.75 Å². The van der Waals surface area contributed by atoms with Crippen LogP contribution in [0.1, 0.15) is 44.4 Å². The molecule has 4 rings (SSSR count). The standard InChI is InChI=1S/C23H24FN5O4/c1-32-18-7-4-15(24)10-17(18)23(31)27-11-13-2-5-16(6-3-13)29-21(22(26)30)19(25)20(28-29)14-8-9-33-12-14/h2-7,10,14H,8-9,11-12,25H2,1H3,(H2,26,30)(H,27,31). The predicted molar refractivity (Wildman–Crippen MR) is 119 cm³/mol. The summed E-state index contributed by atoms with van der Waals surface area (Å²) >= 11 is 0. The quantitative estimate of drug-likeness (QED) is 0.502. The maximum atomic E-state index is 13.5. The molecule has 2 aromatic carbocycles. The normalized spacial score (nSPS) is 15.4. The fourth-order valence-corrected chi connectivity index (χ4v) is 3.81. The Hall–Kier alpha value is -3.92. The van der Waals surface area contributed by atoms with Crippen molar-refractivity contribution < 1.29 is 23.5 Å². The third-order valence-electron chi connectivity index (χ3n) is 5.54. The van der Waals surface area contributed by atoms with Crippen LogP contribution in [0.4, 0.5) is 10.1 Å². The van der Waals surface area contributed by atoms with Gasteiger partial charge in [0, 0.05) is 19.1 Å². The number of carbonyl (C=O) groups is 2. The van der Waals surface area contributed by atoms with Crippen LogP contribution in [0.3, 0.4) is 0 Å². The lowest BCUT2D eigenvalue weighted by Crippen LogP contribution is -2.23. The van der Waals surface area contributed by atoms with Crippen LogP contribution in [0.2, 0.25) is 0 Å². The number of anilines is 1. The summed E-state index contributed by atoms with van der Waals surface area (Å²) in [6.07, 6.45) is 0.772. The highest BCUT2D eigenvalue weighted by Gasteiger charge is 2.28. The molecule has 1 fully saturated rings. The van der Waals surface area contributed by atoms with Crippen molar-refractivity contribution in [3.05, 3.63) is 70.8 Å². The van der Waals surface area contributed by atoms with Gasteiger partial charge in [0.25, 0.3) is 11.8 Å². The number of aromatic nitrogens is 2. The van der Waals surface area contributed by atoms with Crippen LogP contribution in [-0.4, -0.2) is 41.9 Å². The van der Waals surface area contributed by atoms with Crippen LogP contribution in [0.25, 0.3) is 5.69 Å². The molecule has 172 valence electrons. The lowest BCUT2D eigenvalue weighted by atomic mass is 10.0. The molecule has 0 spiro atoms. The minimum atomic E-state index is -0.675. The molecule has 1 atom stereocenters. The fourth-order valence-electron chi connectivity index (χ4n) is 3.81. The highest BCUT2D eigenvalue weighted by atomic mass is 19.1. The summed E-state index contributed by atoms with van der Waals surface area (Å²) in [6, 6.07) is 10.8. The Labute approximate surface area is 189 Å². The molecule has 5 N–H and O–H groups in total. The Bertz CT molecular complexity index is 1190. The number of benzene rings is 2. The van der Waals surface area contributed by atoms with Crippen molar-refractivity contribution in [3.63, 3.8) is 0 Å². The van der Waals surface area contributed by atoms with Gasteiger partial charge in [0.15, 0.2) is 5.69 Å². The van der Waals surface area contributed by atoms with Crippen LogP contribution in [0, 0.1) is 5.82 Å². The van der Waals surface area contributed by atoms with Gasteiger partial charge in [0.2, 0.25) is 0 Å². The molecule has 3 aromatic rings. The van der Waals surface area contributed by atoms with Crippen LogP contribution < -0.4 is 21.5 Å². The lowest BCUT2D eigenvalue weighted by Gasteiger charge is -2.10. The predicted octanol–water partition coefficient (Wildman–Crippen LogP) is 2.13. The van der Waals surface area contributed by atoms with Crippen molar-refractivity contribution >= 4 is 17.5 Å². The van der Waals surface area contributed by atoms with E-state index in [2.05, 4.69) is 10.4 Å². The van der Waals surface area contributed by atoms with E-state index >= 15 is 0 Å². The van der Waals surface area contributed by atoms with Gasteiger partial charge in [-0.2, -0.15) is 5.10 Å². The lowest BCUT2D eigenvalue weighted by molar-refractivity contribution is 0.0946. The summed E-state index contributed by atoms with van der Waals surface area (Å²) in [7, 11) is 1.41. The molecule has 1 unspecified atom stereocenters. The summed E-state index contributed by atoms with van der Waals surface area (Å²) < 4.78 is 25.5. The smallest absolute Gasteiger partial charge is 0.269 e. The summed E-state index contributed by atoms with van der Waals surface area (Å²) in [5.41, 5.74) is 14.2. The molecule has 2 heterocycles. The first-order valence-electron chi connectivity index (χ1n) is 10.4. The number of primary amides is 1. The second-order valence-electron chi connectivity index (χ2n) is 7.68. The van der Waals surface area contributed by atoms with E-state index in [9.17, 15) is 14.0 Å². The molecule has 1 aromatic heterocycles. The minimum Gasteiger partial charge on any atom is -0.496 e. The molecule has 0 radical (unpaired) electrons. The zero-order chi connectivity index (χ0) is 23.5. The van der Waals surface area contributed by atoms with Gasteiger partial charge >= 0.3 is 0 Å². The summed E-state index contributed by atoms with van der Waals surface area (Å²) in [5.74, 6) is -1.38. The minimum absolute atomic E-state index is 0.0126. The zero-order valence-corrected chi connectivity index (χ0v) is 18.0. The Morgan fingerprint density at radius 1 is 1.27 bits per heavy atom. The topological polar surface area (TPSA) is 134 Å². The second-order valence-corrected chi connectivity index (χ2v) is 7.68. The maximum Gasteiger partial charge on any atom is 0.269 e. The number of ether oxygens (including phenoxy) is 2. The van der Waals surface area contributed by atoms with Gasteiger partial charge in [-0.3, -0.25) is 9.59 Å². The third kappa shape index (κ3) is 4.51. The van der Waals surface area contributed by atoms with E-state index in [-0.39, 0.29) is 35.2 Å². The molecule has 9 nitrogen and oxygen atoms in total. The van der Waals surface area contributed by atoms with Crippen molar-refractivity contribution in [1.29, 1.82) is 0 Å². The highest BCUT2D eigenvalue weighted by molar-refractivity contribution is 5.98. The zero-order valence-electron chi connectivity index (χ0n) is 18.0. The first kappa shape index (κ1) is 22.3. The van der Waals surface area contributed by atoms with Gasteiger partial charge in [0.05, 0.1) is 36.3 Å². The van der Waals surface area contributed by atoms with Crippen LogP contribution >= 0.6 is 0 Å². The number of methoxy groups -OCH3 is 1. The number of nitrogens with two attached hydrogens (primary N) is 2. The molecule has 0 saturated carbocycles. The largest absolute Gasteiger partial charge is 0.496 e. The van der Waals surface area contributed by atoms with Gasteiger partial charge in [-0.1, -0.05) is 12.1 Å². The van der Waals surface area contributed by atoms with Crippen molar-refractivity contribution in [2.45, 2.75) is 18.9 Å². The Kier molecular flexibility index (Phi) is 6.27. The van der Waals surface area contributed by atoms with Gasteiger partial charge in [-0.05, 0) is 42.3 Å². The highest BCUT2D eigenvalue weighted by Crippen LogP contribution is 2.32. The summed E-state index contributed by atoms with van der Waals surface area (Å²) in [4.78, 5) is 24.5. The van der Waals surface area contributed by atoms with Crippen LogP contribution in [-0.2, 0) is 11.3 Å². The van der Waals surface area contributed by atoms with Gasteiger partial charge in [0.1, 0.15) is 11.6 Å². The number of nitrogens with one attached hydrogen (secondary N) is 1. The van der Waals surface area contributed by atoms with Crippen molar-refractivity contribution in [2.75, 3.05) is 26.1 Å². The number of nitrogens with zero attached hydrogens (tertiary/aromatic N) is 2. The number of halogens is 1. The van der Waals surface area contributed by atoms with Gasteiger partial charge in [-0.15, -0.1) is 0 Å². The number of carbonyl (C=O) groups excluding carboxylic acids is 2. The summed E-state index contributed by atoms with van der Waals surface area (Å²) in [5, 5.41) is 7.29. The van der Waals surface area contributed by atoms with E-state index in [1.807, 2.05) is 0 Å². The van der Waals surface area contributed by atoms with Crippen molar-refractivity contribution in [2.24, 2.45) is 5.73 Å². The first-order valence-corrected chi connectivity index (χ1v) is 10.4. The Morgan fingerprint density at radius 3 is 2.67 bits per heavy atom. The third-order valence-corrected chi connectivity index (χ3v) is 5.54. The van der Waals surface area contributed by atoms with E-state index < -0.39 is 17.6 Å². The van der Waals surface area contributed by atoms with E-state index in [0.29, 0.717) is 24.6 Å². The molecular formula is C23H24FN5O4. The number of hydrogen-bond donors (Lipinski definition) is 3. The second kappa shape index (κ2) is 9.29. The average molecular weight is 453 g/mol. The SMILES string of the molecule is COc1ccc(F)cc1C(=O)NCc1ccc(-n2nc(C3CCOC3)c(N)c2C(N)=O)cc1. The Balaban J connectivity index is 1.52. The molecule has 1 saturated heterocycles. The first-order chi connectivity index (χ1) is 15.9. The van der Waals surface area contributed by atoms with E-state index in [1.165, 1.54) is 23.9 Å². The molecule has 33 heavy (non-hydrogen) atoms. The summed E-state index contributed by atoms with van der Waals surface area (Å²) in [6.45, 7) is 1.31. The molecule has 0 aliphatic carbocycles. The van der Waals surface area contributed by atoms with E-state index in [4.69, 9.17) is 20.9 Å². The molecule has 10 heteroatoms. The van der Waals surface area contributed by atoms with Crippen molar-refractivity contribution in [1.82, 2.24) is 15.1 Å². The molecule has 0 bridgehead atoms. The molecular weight excluding hydrogens is 429 g/mol. The van der Waals surface area contributed by atoms with Crippen molar-refractivity contribution in [3.8, 4) is 11.4 Å². The van der Waals surface area contributed by atoms with E-state index in [0.717, 1.165) is 18.1 Å². The van der Waals surface area contributed by atoms with Crippen LogP contribution in [0.15, 0.2) is 42.5 Å². The monoisotopic (exact) mass is 453 g/mol. The van der Waals surface area contributed by atoms with E-state index in [1.54, 1.807) is 24.3 Å². The number of rotatable bonds is 7. The molecule has 1 aliphatic rings. The fraction of sp³-hybridized carbons (Fsp3) is 0.261. The van der Waals surface area contributed by atoms with Gasteiger partial charge in [-0.25, -0.2) is 9.07 Å².